The molecule has 0 aromatic rings. The van der Waals surface area contributed by atoms with Crippen molar-refractivity contribution in [3.63, 3.8) is 0 Å². The molecular weight excluding hydrogens is 296 g/mol. The minimum absolute atomic E-state index is 0.237. The van der Waals surface area contributed by atoms with Crippen LogP contribution < -0.4 is 5.48 Å². The van der Waals surface area contributed by atoms with Gasteiger partial charge in [0.1, 0.15) is 0 Å². The van der Waals surface area contributed by atoms with Crippen LogP contribution in [0.4, 0.5) is 0 Å². The molecule has 0 bridgehead atoms. The van der Waals surface area contributed by atoms with E-state index in [1.54, 1.807) is 0 Å². The van der Waals surface area contributed by atoms with Crippen LogP contribution in [0.25, 0.3) is 0 Å². The number of nitrogens with one attached hydrogen (secondary N) is 1. The Hall–Kier alpha value is 0.220. The molecule has 5 N–H and O–H groups in total. The molecule has 3 atom stereocenters. The molecular formula is C9H23NO7P2. The topological polar surface area (TPSA) is 136 Å². The molecule has 116 valence electrons. The van der Waals surface area contributed by atoms with Crippen LogP contribution in [0.5, 0.6) is 0 Å². The van der Waals surface area contributed by atoms with Gasteiger partial charge in [-0.3, -0.25) is 9.13 Å². The molecule has 8 nitrogen and oxygen atoms in total. The third kappa shape index (κ3) is 4.92. The first-order valence-corrected chi connectivity index (χ1v) is 9.23. The van der Waals surface area contributed by atoms with Crippen LogP contribution in [0.15, 0.2) is 0 Å². The molecule has 0 heterocycles. The summed E-state index contributed by atoms with van der Waals surface area (Å²) in [5.41, 5.74) is 2.19. The molecule has 0 spiro atoms. The van der Waals surface area contributed by atoms with Gasteiger partial charge in [0.15, 0.2) is 0 Å². The van der Waals surface area contributed by atoms with Gasteiger partial charge >= 0.3 is 15.2 Å². The fraction of sp³-hybridized carbons (Fsp3) is 1.00. The molecule has 0 saturated heterocycles. The van der Waals surface area contributed by atoms with E-state index >= 15 is 0 Å². The molecule has 0 saturated carbocycles. The molecule has 0 amide bonds. The molecule has 0 aliphatic carbocycles. The van der Waals surface area contributed by atoms with Crippen LogP contribution in [-0.2, 0) is 13.8 Å². The fourth-order valence-corrected chi connectivity index (χ4v) is 3.95. The van der Waals surface area contributed by atoms with Crippen LogP contribution in [0.1, 0.15) is 40.0 Å². The fourth-order valence-electron chi connectivity index (χ4n) is 1.29. The van der Waals surface area contributed by atoms with E-state index in [0.29, 0.717) is 12.3 Å². The van der Waals surface area contributed by atoms with Crippen molar-refractivity contribution in [3.05, 3.63) is 0 Å². The largest absolute Gasteiger partial charge is 0.388 e. The normalized spacial score (nSPS) is 20.6. The molecule has 0 aliphatic rings. The summed E-state index contributed by atoms with van der Waals surface area (Å²) in [6, 6.07) is 0. The first-order valence-electron chi connectivity index (χ1n) is 6.04. The van der Waals surface area contributed by atoms with E-state index in [1.807, 2.05) is 13.8 Å². The summed E-state index contributed by atoms with van der Waals surface area (Å²) in [6.07, 6.45) is 0.981. The van der Waals surface area contributed by atoms with Crippen LogP contribution in [0.3, 0.4) is 0 Å². The van der Waals surface area contributed by atoms with Crippen molar-refractivity contribution in [2.45, 2.75) is 45.1 Å². The summed E-state index contributed by atoms with van der Waals surface area (Å²) < 4.78 is 27.3. The van der Waals surface area contributed by atoms with Gasteiger partial charge in [0.05, 0.1) is 0 Å². The smallest absolute Gasteiger partial charge is 0.367 e. The number of hydroxylamine groups is 1. The van der Waals surface area contributed by atoms with E-state index in [0.717, 1.165) is 6.42 Å². The van der Waals surface area contributed by atoms with Crippen molar-refractivity contribution in [1.82, 2.24) is 5.48 Å². The number of hydrogen-bond acceptors (Lipinski definition) is 5. The average molecular weight is 319 g/mol. The minimum atomic E-state index is -5.21. The summed E-state index contributed by atoms with van der Waals surface area (Å²) in [7, 11) is -10.1. The minimum Gasteiger partial charge on any atom is -0.367 e. The lowest BCUT2D eigenvalue weighted by Crippen LogP contribution is -2.31. The van der Waals surface area contributed by atoms with E-state index in [-0.39, 0.29) is 6.54 Å². The maximum absolute atomic E-state index is 11.8. The summed E-state index contributed by atoms with van der Waals surface area (Å²) >= 11 is 0. The van der Waals surface area contributed by atoms with Gasteiger partial charge in [-0.1, -0.05) is 27.2 Å². The molecule has 19 heavy (non-hydrogen) atoms. The van der Waals surface area contributed by atoms with Gasteiger partial charge in [0, 0.05) is 6.54 Å². The molecule has 0 aromatic heterocycles. The average Bonchev–Trinajstić information content (AvgIpc) is 2.31. The molecule has 3 unspecified atom stereocenters. The Labute approximate surface area is 112 Å². The van der Waals surface area contributed by atoms with E-state index in [9.17, 15) is 19.1 Å². The highest BCUT2D eigenvalue weighted by Gasteiger charge is 2.59. The van der Waals surface area contributed by atoms with Crippen molar-refractivity contribution < 1.29 is 33.5 Å². The first-order chi connectivity index (χ1) is 8.52. The summed E-state index contributed by atoms with van der Waals surface area (Å²) in [6.45, 7) is 5.40. The van der Waals surface area contributed by atoms with Crippen molar-refractivity contribution in [2.24, 2.45) is 5.92 Å². The van der Waals surface area contributed by atoms with Gasteiger partial charge in [0.25, 0.3) is 5.08 Å². The van der Waals surface area contributed by atoms with Crippen molar-refractivity contribution in [3.8, 4) is 0 Å². The van der Waals surface area contributed by atoms with Crippen LogP contribution >= 0.6 is 15.2 Å². The lowest BCUT2D eigenvalue weighted by molar-refractivity contribution is 0.0849. The quantitative estimate of drug-likeness (QED) is 0.244. The standard InChI is InChI=1S/C9H23NO7P2/c1-4-8(3)6-7-10-17-19(15,16)9(11,5-2)18(12,13)14/h8,10-11H,4-7H2,1-3H3,(H,15,16)(H2,12,13,14). The Morgan fingerprint density at radius 1 is 1.26 bits per heavy atom. The third-order valence-corrected chi connectivity index (χ3v) is 7.40. The predicted octanol–water partition coefficient (Wildman–Crippen LogP) is 1.36. The SMILES string of the molecule is CCC(C)CCNOP(=O)(O)C(O)(CC)P(=O)(O)O. The Morgan fingerprint density at radius 2 is 1.79 bits per heavy atom. The zero-order chi connectivity index (χ0) is 15.3. The van der Waals surface area contributed by atoms with E-state index in [4.69, 9.17) is 9.79 Å². The molecule has 0 aromatic carbocycles. The zero-order valence-corrected chi connectivity index (χ0v) is 13.1. The van der Waals surface area contributed by atoms with E-state index in [1.165, 1.54) is 6.92 Å². The zero-order valence-electron chi connectivity index (χ0n) is 11.3. The maximum atomic E-state index is 11.8. The highest BCUT2D eigenvalue weighted by molar-refractivity contribution is 7.72. The Kier molecular flexibility index (Phi) is 7.38. The van der Waals surface area contributed by atoms with Crippen molar-refractivity contribution in [1.29, 1.82) is 0 Å². The van der Waals surface area contributed by atoms with Gasteiger partial charge in [0.2, 0.25) is 0 Å². The Bertz CT molecular complexity index is 372. The number of hydrogen-bond donors (Lipinski definition) is 5. The monoisotopic (exact) mass is 319 g/mol. The van der Waals surface area contributed by atoms with Gasteiger partial charge in [-0.25, -0.2) is 4.62 Å². The second kappa shape index (κ2) is 7.29. The van der Waals surface area contributed by atoms with Crippen LogP contribution in [0, 0.1) is 5.92 Å². The highest BCUT2D eigenvalue weighted by atomic mass is 31.2. The molecule has 10 heteroatoms. The second-order valence-electron chi connectivity index (χ2n) is 4.48. The number of aliphatic hydroxyl groups is 1. The Balaban J connectivity index is 4.62. The van der Waals surface area contributed by atoms with E-state index in [2.05, 4.69) is 10.1 Å². The van der Waals surface area contributed by atoms with Gasteiger partial charge in [-0.15, -0.1) is 0 Å². The van der Waals surface area contributed by atoms with Crippen LogP contribution in [0.2, 0.25) is 0 Å². The van der Waals surface area contributed by atoms with Gasteiger partial charge in [-0.2, -0.15) is 5.48 Å². The molecule has 0 aliphatic heterocycles. The van der Waals surface area contributed by atoms with Crippen molar-refractivity contribution in [2.75, 3.05) is 6.54 Å². The van der Waals surface area contributed by atoms with Crippen molar-refractivity contribution >= 4 is 15.2 Å². The highest BCUT2D eigenvalue weighted by Crippen LogP contribution is 2.70. The molecule has 0 radical (unpaired) electrons. The van der Waals surface area contributed by atoms with Gasteiger partial charge < -0.3 is 19.8 Å². The van der Waals surface area contributed by atoms with Gasteiger partial charge in [-0.05, 0) is 18.8 Å². The Morgan fingerprint density at radius 3 is 2.16 bits per heavy atom. The lowest BCUT2D eigenvalue weighted by Gasteiger charge is -2.30. The maximum Gasteiger partial charge on any atom is 0.388 e. The van der Waals surface area contributed by atoms with E-state index < -0.39 is 26.7 Å². The first kappa shape index (κ1) is 19.2. The summed E-state index contributed by atoms with van der Waals surface area (Å²) in [5, 5.41) is 6.60. The van der Waals surface area contributed by atoms with Crippen LogP contribution in [-0.4, -0.2) is 31.4 Å². The molecule has 0 rings (SSSR count). The summed E-state index contributed by atoms with van der Waals surface area (Å²) in [4.78, 5) is 27.5. The second-order valence-corrected chi connectivity index (χ2v) is 8.62. The third-order valence-electron chi connectivity index (χ3n) is 3.02. The number of rotatable bonds is 9. The summed E-state index contributed by atoms with van der Waals surface area (Å²) in [5.74, 6) is 0.376. The predicted molar refractivity (Wildman–Crippen MR) is 70.3 cm³/mol. The lowest BCUT2D eigenvalue weighted by atomic mass is 10.1. The molecule has 0 fully saturated rings.